The average molecular weight is 585 g/mol. The van der Waals surface area contributed by atoms with Gasteiger partial charge in [0.1, 0.15) is 23.9 Å². The Kier molecular flexibility index (Phi) is 10.7. The highest BCUT2D eigenvalue weighted by Gasteiger charge is 2.48. The third-order valence-corrected chi connectivity index (χ3v) is 8.42. The molecule has 1 aromatic carbocycles. The Labute approximate surface area is 247 Å². The van der Waals surface area contributed by atoms with Gasteiger partial charge in [0, 0.05) is 18.5 Å². The van der Waals surface area contributed by atoms with Crippen LogP contribution in [-0.2, 0) is 23.9 Å². The average Bonchev–Trinajstić information content (AvgIpc) is 3.53. The number of hydrogen-bond donors (Lipinski definition) is 4. The maximum atomic E-state index is 13.8. The summed E-state index contributed by atoms with van der Waals surface area (Å²) in [6.45, 7) is 5.89. The van der Waals surface area contributed by atoms with Gasteiger partial charge in [0.2, 0.25) is 17.7 Å². The number of carbonyl (C=O) groups is 4. The van der Waals surface area contributed by atoms with Crippen LogP contribution in [0.1, 0.15) is 64.0 Å². The molecule has 1 aromatic rings. The fourth-order valence-corrected chi connectivity index (χ4v) is 5.38. The van der Waals surface area contributed by atoms with Crippen LogP contribution in [0.3, 0.4) is 0 Å². The first-order chi connectivity index (χ1) is 20.1. The quantitative estimate of drug-likeness (QED) is 0.240. The van der Waals surface area contributed by atoms with Crippen LogP contribution in [0.15, 0.2) is 35.9 Å². The molecule has 1 aliphatic heterocycles. The largest absolute Gasteiger partial charge is 0.497 e. The molecule has 11 nitrogen and oxygen atoms in total. The number of allylic oxidation sites excluding steroid dienone is 1. The van der Waals surface area contributed by atoms with E-state index in [0.29, 0.717) is 44.0 Å². The first-order valence-corrected chi connectivity index (χ1v) is 14.8. The molecule has 230 valence electrons. The van der Waals surface area contributed by atoms with Crippen molar-refractivity contribution in [3.8, 4) is 5.75 Å². The fourth-order valence-electron chi connectivity index (χ4n) is 5.38. The smallest absolute Gasteiger partial charge is 0.246 e. The maximum absolute atomic E-state index is 13.8. The minimum Gasteiger partial charge on any atom is -0.497 e. The predicted molar refractivity (Wildman–Crippen MR) is 156 cm³/mol. The minimum atomic E-state index is -1.42. The zero-order valence-electron chi connectivity index (χ0n) is 24.8. The molecule has 3 aliphatic rings. The number of Topliss-reactive ketones (excluding diaryl/α,β-unsaturated/α-hetero) is 1. The van der Waals surface area contributed by atoms with Gasteiger partial charge < -0.3 is 30.5 Å². The van der Waals surface area contributed by atoms with Gasteiger partial charge in [-0.15, -0.1) is 0 Å². The van der Waals surface area contributed by atoms with Gasteiger partial charge in [-0.25, -0.2) is 0 Å². The van der Waals surface area contributed by atoms with Gasteiger partial charge >= 0.3 is 0 Å². The molecule has 1 saturated heterocycles. The predicted octanol–water partition coefficient (Wildman–Crippen LogP) is 1.40. The van der Waals surface area contributed by atoms with Crippen molar-refractivity contribution in [1.29, 1.82) is 0 Å². The topological polar surface area (TPSA) is 146 Å². The number of nitrogens with one attached hydrogen (secondary N) is 3. The van der Waals surface area contributed by atoms with Crippen molar-refractivity contribution in [2.45, 2.75) is 76.6 Å². The van der Waals surface area contributed by atoms with Gasteiger partial charge in [-0.2, -0.15) is 0 Å². The zero-order chi connectivity index (χ0) is 30.3. The Morgan fingerprint density at radius 2 is 1.74 bits per heavy atom. The second-order valence-electron chi connectivity index (χ2n) is 11.8. The van der Waals surface area contributed by atoms with Crippen LogP contribution in [0.2, 0.25) is 0 Å². The monoisotopic (exact) mass is 584 g/mol. The third kappa shape index (κ3) is 8.39. The summed E-state index contributed by atoms with van der Waals surface area (Å²) in [6, 6.07) is 3.38. The van der Waals surface area contributed by atoms with Crippen LogP contribution < -0.4 is 20.7 Å². The third-order valence-electron chi connectivity index (χ3n) is 8.42. The number of amides is 3. The molecule has 2 aliphatic carbocycles. The standard InChI is InChI=1S/C31H44N4O7/c1-20(32-25(36)19-35-14-16-42-17-15-35)29(39)34-26(27(37)22-8-10-23(41-3)11-9-22)30(40)33-24(18-21-6-4-5-7-21)28(38)31(2)12-13-31/h6,8-11,20,24,26-27,37H,4-5,7,12-19H2,1-3H3,(H,32,36)(H,33,40)(H,34,39)/t20-,24-,26-,27+/m0/s1. The van der Waals surface area contributed by atoms with Crippen LogP contribution in [0.4, 0.5) is 0 Å². The van der Waals surface area contributed by atoms with E-state index in [-0.39, 0.29) is 18.2 Å². The van der Waals surface area contributed by atoms with Gasteiger partial charge in [0.05, 0.1) is 32.9 Å². The second-order valence-corrected chi connectivity index (χ2v) is 11.8. The number of rotatable bonds is 14. The summed E-state index contributed by atoms with van der Waals surface area (Å²) in [6.07, 6.45) is 5.50. The number of carbonyl (C=O) groups excluding carboxylic acids is 4. The van der Waals surface area contributed by atoms with E-state index in [1.807, 2.05) is 11.8 Å². The number of benzene rings is 1. The first kappa shape index (κ1) is 31.7. The lowest BCUT2D eigenvalue weighted by Gasteiger charge is -2.29. The highest BCUT2D eigenvalue weighted by atomic mass is 16.5. The van der Waals surface area contributed by atoms with E-state index in [1.165, 1.54) is 14.0 Å². The second kappa shape index (κ2) is 14.3. The number of aliphatic hydroxyl groups excluding tert-OH is 1. The molecule has 1 heterocycles. The number of methoxy groups -OCH3 is 1. The highest BCUT2D eigenvalue weighted by molar-refractivity contribution is 5.97. The molecule has 2 fully saturated rings. The number of ketones is 1. The molecule has 4 rings (SSSR count). The van der Waals surface area contributed by atoms with Crippen molar-refractivity contribution >= 4 is 23.5 Å². The normalized spacial score (nSPS) is 20.8. The summed E-state index contributed by atoms with van der Waals surface area (Å²) in [5, 5.41) is 19.5. The lowest BCUT2D eigenvalue weighted by molar-refractivity contribution is -0.136. The summed E-state index contributed by atoms with van der Waals surface area (Å²) >= 11 is 0. The van der Waals surface area contributed by atoms with E-state index in [1.54, 1.807) is 24.3 Å². The molecule has 4 atom stereocenters. The minimum absolute atomic E-state index is 0.0311. The van der Waals surface area contributed by atoms with Crippen molar-refractivity contribution in [2.24, 2.45) is 5.41 Å². The van der Waals surface area contributed by atoms with Crippen molar-refractivity contribution in [1.82, 2.24) is 20.9 Å². The number of hydrogen-bond acceptors (Lipinski definition) is 8. The SMILES string of the molecule is COc1ccc([C@@H](O)[C@H](NC(=O)[C@H](C)NC(=O)CN2CCOCC2)C(=O)N[C@@H](CC2=CCCC2)C(=O)C2(C)CC2)cc1. The highest BCUT2D eigenvalue weighted by Crippen LogP contribution is 2.47. The molecule has 1 saturated carbocycles. The van der Waals surface area contributed by atoms with Crippen molar-refractivity contribution < 1.29 is 33.8 Å². The summed E-state index contributed by atoms with van der Waals surface area (Å²) in [5.41, 5.74) is 1.05. The van der Waals surface area contributed by atoms with Crippen molar-refractivity contribution in [3.05, 3.63) is 41.5 Å². The number of ether oxygens (including phenoxy) is 2. The molecule has 0 radical (unpaired) electrons. The Morgan fingerprint density at radius 1 is 1.05 bits per heavy atom. The molecule has 42 heavy (non-hydrogen) atoms. The lowest BCUT2D eigenvalue weighted by atomic mass is 9.91. The van der Waals surface area contributed by atoms with E-state index in [4.69, 9.17) is 9.47 Å². The van der Waals surface area contributed by atoms with Gasteiger partial charge in [-0.05, 0) is 63.1 Å². The number of aliphatic hydroxyl groups is 1. The molecule has 0 unspecified atom stereocenters. The molecule has 0 aromatic heterocycles. The Morgan fingerprint density at radius 3 is 2.33 bits per heavy atom. The number of morpholine rings is 1. The first-order valence-electron chi connectivity index (χ1n) is 14.8. The van der Waals surface area contributed by atoms with Gasteiger partial charge in [-0.1, -0.05) is 30.7 Å². The van der Waals surface area contributed by atoms with Crippen LogP contribution >= 0.6 is 0 Å². The molecule has 0 spiro atoms. The van der Waals surface area contributed by atoms with Gasteiger partial charge in [0.15, 0.2) is 5.78 Å². The fraction of sp³-hybridized carbons (Fsp3) is 0.613. The molecule has 4 N–H and O–H groups in total. The van der Waals surface area contributed by atoms with Crippen molar-refractivity contribution in [2.75, 3.05) is 40.0 Å². The van der Waals surface area contributed by atoms with Crippen molar-refractivity contribution in [3.63, 3.8) is 0 Å². The summed E-state index contributed by atoms with van der Waals surface area (Å²) < 4.78 is 10.5. The van der Waals surface area contributed by atoms with Gasteiger partial charge in [-0.3, -0.25) is 24.1 Å². The van der Waals surface area contributed by atoms with E-state index in [0.717, 1.165) is 37.7 Å². The Hall–Kier alpha value is -3.28. The van der Waals surface area contributed by atoms with Crippen LogP contribution in [0.25, 0.3) is 0 Å². The van der Waals surface area contributed by atoms with Crippen LogP contribution in [-0.4, -0.2) is 91.6 Å². The van der Waals surface area contributed by atoms with Gasteiger partial charge in [0.25, 0.3) is 0 Å². The van der Waals surface area contributed by atoms with E-state index in [9.17, 15) is 24.3 Å². The van der Waals surface area contributed by atoms with Crippen LogP contribution in [0, 0.1) is 5.41 Å². The summed E-state index contributed by atoms with van der Waals surface area (Å²) in [7, 11) is 1.52. The lowest BCUT2D eigenvalue weighted by Crippen LogP contribution is -2.58. The molecular weight excluding hydrogens is 540 g/mol. The maximum Gasteiger partial charge on any atom is 0.246 e. The zero-order valence-corrected chi connectivity index (χ0v) is 24.8. The van der Waals surface area contributed by atoms with E-state index in [2.05, 4.69) is 22.0 Å². The number of nitrogens with zero attached hydrogens (tertiary/aromatic N) is 1. The summed E-state index contributed by atoms with van der Waals surface area (Å²) in [4.78, 5) is 55.0. The molecular formula is C31H44N4O7. The van der Waals surface area contributed by atoms with E-state index < -0.39 is 41.5 Å². The molecule has 11 heteroatoms. The Bertz CT molecular complexity index is 1160. The molecule has 3 amide bonds. The molecule has 0 bridgehead atoms. The van der Waals surface area contributed by atoms with Crippen LogP contribution in [0.5, 0.6) is 5.75 Å². The summed E-state index contributed by atoms with van der Waals surface area (Å²) in [5.74, 6) is -1.09. The van der Waals surface area contributed by atoms with E-state index >= 15 is 0 Å². The Balaban J connectivity index is 1.48.